The molecule has 2 aromatic carbocycles. The molecule has 134 valence electrons. The predicted molar refractivity (Wildman–Crippen MR) is 107 cm³/mol. The van der Waals surface area contributed by atoms with E-state index in [2.05, 4.69) is 4.98 Å². The van der Waals surface area contributed by atoms with Gasteiger partial charge in [-0.1, -0.05) is 17.7 Å². The molecule has 0 unspecified atom stereocenters. The second-order valence-electron chi connectivity index (χ2n) is 6.04. The Morgan fingerprint density at radius 2 is 1.93 bits per heavy atom. The molecule has 0 aliphatic rings. The van der Waals surface area contributed by atoms with Crippen molar-refractivity contribution in [2.75, 3.05) is 7.11 Å². The third-order valence-corrected chi connectivity index (χ3v) is 4.47. The van der Waals surface area contributed by atoms with Crippen molar-refractivity contribution in [2.45, 2.75) is 6.54 Å². The van der Waals surface area contributed by atoms with Crippen molar-refractivity contribution in [3.05, 3.63) is 89.0 Å². The summed E-state index contributed by atoms with van der Waals surface area (Å²) in [6, 6.07) is 19.1. The lowest BCUT2D eigenvalue weighted by Crippen LogP contribution is -2.05. The summed E-state index contributed by atoms with van der Waals surface area (Å²) < 4.78 is 11.3. The van der Waals surface area contributed by atoms with Crippen LogP contribution in [-0.4, -0.2) is 12.1 Å². The van der Waals surface area contributed by atoms with E-state index in [0.717, 1.165) is 39.0 Å². The first kappa shape index (κ1) is 17.3. The molecular formula is C22H17ClN2O2. The summed E-state index contributed by atoms with van der Waals surface area (Å²) in [5.41, 5.74) is 2.72. The van der Waals surface area contributed by atoms with E-state index in [-0.39, 0.29) is 0 Å². The Bertz CT molecular complexity index is 1140. The van der Waals surface area contributed by atoms with Crippen LogP contribution in [0.15, 0.2) is 82.5 Å². The van der Waals surface area contributed by atoms with E-state index in [9.17, 15) is 0 Å². The topological polar surface area (TPSA) is 47.6 Å². The lowest BCUT2D eigenvalue weighted by molar-refractivity contribution is 0.415. The SMILES string of the molecule is COc1ccc(-c2cc(=NCc3cccnc3)c3cc(Cl)ccc3o2)cc1. The van der Waals surface area contributed by atoms with Crippen LogP contribution in [0.5, 0.6) is 5.75 Å². The van der Waals surface area contributed by atoms with Crippen LogP contribution in [0.25, 0.3) is 22.3 Å². The second kappa shape index (κ2) is 7.64. The molecule has 4 rings (SSSR count). The molecule has 0 saturated heterocycles. The fraction of sp³-hybridized carbons (Fsp3) is 0.0909. The highest BCUT2D eigenvalue weighted by atomic mass is 35.5. The van der Waals surface area contributed by atoms with Crippen molar-refractivity contribution in [3.8, 4) is 17.1 Å². The molecule has 0 atom stereocenters. The molecular weight excluding hydrogens is 360 g/mol. The highest BCUT2D eigenvalue weighted by Gasteiger charge is 2.07. The van der Waals surface area contributed by atoms with Gasteiger partial charge in [-0.05, 0) is 54.1 Å². The Balaban J connectivity index is 1.85. The van der Waals surface area contributed by atoms with Gasteiger partial charge >= 0.3 is 0 Å². The summed E-state index contributed by atoms with van der Waals surface area (Å²) in [7, 11) is 1.65. The molecule has 0 N–H and O–H groups in total. The Kier molecular flexibility index (Phi) is 4.90. The number of hydrogen-bond acceptors (Lipinski definition) is 4. The van der Waals surface area contributed by atoms with Crippen LogP contribution in [-0.2, 0) is 6.54 Å². The van der Waals surface area contributed by atoms with E-state index in [0.29, 0.717) is 11.6 Å². The predicted octanol–water partition coefficient (Wildman–Crippen LogP) is 5.26. The molecule has 0 aliphatic heterocycles. The van der Waals surface area contributed by atoms with Crippen LogP contribution in [0, 0.1) is 0 Å². The van der Waals surface area contributed by atoms with Crippen LogP contribution < -0.4 is 10.1 Å². The van der Waals surface area contributed by atoms with Crippen molar-refractivity contribution in [3.63, 3.8) is 0 Å². The number of methoxy groups -OCH3 is 1. The Morgan fingerprint density at radius 3 is 2.67 bits per heavy atom. The zero-order valence-corrected chi connectivity index (χ0v) is 15.5. The van der Waals surface area contributed by atoms with Gasteiger partial charge in [0.05, 0.1) is 19.0 Å². The maximum absolute atomic E-state index is 6.19. The number of halogens is 1. The quantitative estimate of drug-likeness (QED) is 0.488. The Labute approximate surface area is 161 Å². The van der Waals surface area contributed by atoms with Crippen molar-refractivity contribution in [1.82, 2.24) is 4.98 Å². The van der Waals surface area contributed by atoms with Gasteiger partial charge in [0.1, 0.15) is 17.1 Å². The van der Waals surface area contributed by atoms with E-state index >= 15 is 0 Å². The minimum atomic E-state index is 0.529. The molecule has 0 fully saturated rings. The molecule has 5 heteroatoms. The van der Waals surface area contributed by atoms with Gasteiger partial charge in [-0.3, -0.25) is 9.98 Å². The largest absolute Gasteiger partial charge is 0.497 e. The first-order valence-electron chi connectivity index (χ1n) is 8.50. The highest BCUT2D eigenvalue weighted by molar-refractivity contribution is 6.31. The van der Waals surface area contributed by atoms with Gasteiger partial charge in [0.2, 0.25) is 0 Å². The molecule has 27 heavy (non-hydrogen) atoms. The number of pyridine rings is 1. The third-order valence-electron chi connectivity index (χ3n) is 4.23. The van der Waals surface area contributed by atoms with Crippen LogP contribution in [0.4, 0.5) is 0 Å². The van der Waals surface area contributed by atoms with Crippen molar-refractivity contribution >= 4 is 22.6 Å². The average Bonchev–Trinajstić information content (AvgIpc) is 2.73. The smallest absolute Gasteiger partial charge is 0.136 e. The van der Waals surface area contributed by atoms with Crippen molar-refractivity contribution < 1.29 is 9.15 Å². The molecule has 0 spiro atoms. The minimum absolute atomic E-state index is 0.529. The standard InChI is InChI=1S/C22H17ClN2O2/c1-26-18-7-4-16(5-8-18)22-12-20(25-14-15-3-2-10-24-13-15)19-11-17(23)6-9-21(19)27-22/h2-13H,14H2,1H3. The molecule has 0 amide bonds. The minimum Gasteiger partial charge on any atom is -0.497 e. The van der Waals surface area contributed by atoms with Crippen molar-refractivity contribution in [2.24, 2.45) is 4.99 Å². The number of ether oxygens (including phenoxy) is 1. The summed E-state index contributed by atoms with van der Waals surface area (Å²) in [6.07, 6.45) is 3.57. The van der Waals surface area contributed by atoms with E-state index < -0.39 is 0 Å². The van der Waals surface area contributed by atoms with Crippen molar-refractivity contribution in [1.29, 1.82) is 0 Å². The zero-order chi connectivity index (χ0) is 18.6. The molecule has 0 radical (unpaired) electrons. The second-order valence-corrected chi connectivity index (χ2v) is 6.48. The first-order valence-corrected chi connectivity index (χ1v) is 8.88. The van der Waals surface area contributed by atoms with Crippen LogP contribution >= 0.6 is 11.6 Å². The number of aromatic nitrogens is 1. The molecule has 4 aromatic rings. The van der Waals surface area contributed by atoms with E-state index in [4.69, 9.17) is 25.7 Å². The fourth-order valence-electron chi connectivity index (χ4n) is 2.84. The van der Waals surface area contributed by atoms with Crippen LogP contribution in [0.2, 0.25) is 5.02 Å². The maximum atomic E-state index is 6.19. The number of nitrogens with zero attached hydrogens (tertiary/aromatic N) is 2. The molecule has 0 saturated carbocycles. The average molecular weight is 377 g/mol. The number of rotatable bonds is 4. The Morgan fingerprint density at radius 1 is 1.07 bits per heavy atom. The van der Waals surface area contributed by atoms with E-state index in [1.165, 1.54) is 0 Å². The van der Waals surface area contributed by atoms with Crippen LogP contribution in [0.1, 0.15) is 5.56 Å². The molecule has 4 nitrogen and oxygen atoms in total. The lowest BCUT2D eigenvalue weighted by atomic mass is 10.1. The number of hydrogen-bond donors (Lipinski definition) is 0. The number of benzene rings is 2. The summed E-state index contributed by atoms with van der Waals surface area (Å²) in [6.45, 7) is 0.529. The van der Waals surface area contributed by atoms with Gasteiger partial charge in [-0.25, -0.2) is 0 Å². The van der Waals surface area contributed by atoms with Gasteiger partial charge in [-0.2, -0.15) is 0 Å². The molecule has 2 aromatic heterocycles. The van der Waals surface area contributed by atoms with E-state index in [1.807, 2.05) is 66.9 Å². The third kappa shape index (κ3) is 3.86. The normalized spacial score (nSPS) is 11.7. The summed E-state index contributed by atoms with van der Waals surface area (Å²) in [4.78, 5) is 8.93. The maximum Gasteiger partial charge on any atom is 0.136 e. The molecule has 2 heterocycles. The summed E-state index contributed by atoms with van der Waals surface area (Å²) >= 11 is 6.19. The van der Waals surface area contributed by atoms with Gasteiger partial charge in [0, 0.05) is 34.4 Å². The number of fused-ring (bicyclic) bond motifs is 1. The fourth-order valence-corrected chi connectivity index (χ4v) is 3.01. The zero-order valence-electron chi connectivity index (χ0n) is 14.7. The summed E-state index contributed by atoms with van der Waals surface area (Å²) in [5.74, 6) is 1.53. The lowest BCUT2D eigenvalue weighted by Gasteiger charge is -2.06. The van der Waals surface area contributed by atoms with Gasteiger partial charge < -0.3 is 9.15 Å². The van der Waals surface area contributed by atoms with Gasteiger partial charge in [0.25, 0.3) is 0 Å². The highest BCUT2D eigenvalue weighted by Crippen LogP contribution is 2.25. The van der Waals surface area contributed by atoms with Crippen LogP contribution in [0.3, 0.4) is 0 Å². The first-order chi connectivity index (χ1) is 13.2. The van der Waals surface area contributed by atoms with E-state index in [1.54, 1.807) is 13.3 Å². The summed E-state index contributed by atoms with van der Waals surface area (Å²) in [5, 5.41) is 2.35. The monoisotopic (exact) mass is 376 g/mol. The van der Waals surface area contributed by atoms with Gasteiger partial charge in [0.15, 0.2) is 0 Å². The van der Waals surface area contributed by atoms with Gasteiger partial charge in [-0.15, -0.1) is 0 Å². The molecule has 0 bridgehead atoms. The molecule has 0 aliphatic carbocycles. The Hall–Kier alpha value is -3.11.